The lowest BCUT2D eigenvalue weighted by molar-refractivity contribution is 0.0606. The van der Waals surface area contributed by atoms with E-state index in [4.69, 9.17) is 14.1 Å². The fraction of sp³-hybridized carbons (Fsp3) is 0.368. The molecule has 0 aromatic carbocycles. The highest BCUT2D eigenvalue weighted by Gasteiger charge is 2.25. The third-order valence-corrected chi connectivity index (χ3v) is 7.17. The third kappa shape index (κ3) is 3.48. The van der Waals surface area contributed by atoms with Crippen LogP contribution in [0.4, 0.5) is 0 Å². The van der Waals surface area contributed by atoms with Crippen LogP contribution in [0.2, 0.25) is 0 Å². The lowest BCUT2D eigenvalue weighted by atomic mass is 9.85. The Hall–Kier alpha value is -1.57. The number of hydrogen-bond donors (Lipinski definition) is 0. The number of esters is 1. The summed E-state index contributed by atoms with van der Waals surface area (Å²) in [4.78, 5) is 17.3. The number of ether oxygens (including phenoxy) is 1. The summed E-state index contributed by atoms with van der Waals surface area (Å²) in [6.07, 6.45) is 3.83. The van der Waals surface area contributed by atoms with Gasteiger partial charge >= 0.3 is 5.97 Å². The van der Waals surface area contributed by atoms with Gasteiger partial charge in [0, 0.05) is 22.1 Å². The monoisotopic (exact) mass is 407 g/mol. The van der Waals surface area contributed by atoms with Crippen LogP contribution in [0.3, 0.4) is 0 Å². The van der Waals surface area contributed by atoms with Gasteiger partial charge in [0.2, 0.25) is 0 Å². The predicted molar refractivity (Wildman–Crippen MR) is 110 cm³/mol. The Morgan fingerprint density at radius 1 is 1.35 bits per heavy atom. The Balaban J connectivity index is 2.06. The number of nitrogens with zero attached hydrogens (tertiary/aromatic N) is 1. The summed E-state index contributed by atoms with van der Waals surface area (Å²) in [6, 6.07) is 1.87. The summed E-state index contributed by atoms with van der Waals surface area (Å²) in [5.41, 5.74) is 4.09. The second kappa shape index (κ2) is 7.21. The van der Waals surface area contributed by atoms with Crippen molar-refractivity contribution in [3.63, 3.8) is 0 Å². The fourth-order valence-corrected chi connectivity index (χ4v) is 5.46. The molecule has 0 amide bonds. The van der Waals surface area contributed by atoms with Gasteiger partial charge in [0.05, 0.1) is 23.3 Å². The number of aromatic nitrogens is 1. The number of methoxy groups -OCH3 is 1. The molecule has 0 unspecified atom stereocenters. The summed E-state index contributed by atoms with van der Waals surface area (Å²) < 4.78 is 11.6. The number of thiazole rings is 1. The van der Waals surface area contributed by atoms with Crippen molar-refractivity contribution in [3.05, 3.63) is 33.9 Å². The Morgan fingerprint density at radius 2 is 2.08 bits per heavy atom. The Kier molecular flexibility index (Phi) is 5.33. The van der Waals surface area contributed by atoms with Gasteiger partial charge in [-0.25, -0.2) is 9.78 Å². The van der Waals surface area contributed by atoms with Crippen molar-refractivity contribution >= 4 is 40.4 Å². The molecule has 0 saturated heterocycles. The van der Waals surface area contributed by atoms with E-state index in [9.17, 15) is 4.79 Å². The Bertz CT molecular complexity index is 944. The van der Waals surface area contributed by atoms with Gasteiger partial charge in [0.25, 0.3) is 0 Å². The van der Waals surface area contributed by atoms with Crippen molar-refractivity contribution in [1.29, 1.82) is 0 Å². The molecule has 0 N–H and O–H groups in total. The van der Waals surface area contributed by atoms with Crippen LogP contribution in [0.25, 0.3) is 21.8 Å². The smallest absolute Gasteiger partial charge is 0.348 e. The largest absolute Gasteiger partial charge is 0.469 e. The molecule has 138 valence electrons. The van der Waals surface area contributed by atoms with Crippen molar-refractivity contribution in [1.82, 2.24) is 4.98 Å². The molecule has 3 aromatic heterocycles. The molecule has 0 atom stereocenters. The molecule has 0 radical (unpaired) electrons. The molecule has 0 fully saturated rings. The number of carbonyl (C=O) groups is 1. The third-order valence-electron chi connectivity index (χ3n) is 4.04. The lowest BCUT2D eigenvalue weighted by Gasteiger charge is -2.18. The predicted octanol–water partition coefficient (Wildman–Crippen LogP) is 6.25. The number of thioether (sulfide) groups is 1. The van der Waals surface area contributed by atoms with E-state index in [1.54, 1.807) is 23.1 Å². The lowest BCUT2D eigenvalue weighted by Crippen LogP contribution is -2.11. The van der Waals surface area contributed by atoms with Crippen LogP contribution in [0, 0.1) is 6.92 Å². The Morgan fingerprint density at radius 3 is 2.69 bits per heavy atom. The summed E-state index contributed by atoms with van der Waals surface area (Å²) in [6.45, 7) is 8.47. The molecule has 0 bridgehead atoms. The van der Waals surface area contributed by atoms with E-state index in [2.05, 4.69) is 26.2 Å². The second-order valence-corrected chi connectivity index (χ2v) is 9.86. The van der Waals surface area contributed by atoms with Crippen LogP contribution in [0.1, 0.15) is 41.8 Å². The molecule has 4 nitrogen and oxygen atoms in total. The number of thiophene rings is 1. The highest BCUT2D eigenvalue weighted by Crippen LogP contribution is 2.42. The van der Waals surface area contributed by atoms with Crippen molar-refractivity contribution in [2.45, 2.75) is 37.3 Å². The minimum absolute atomic E-state index is 0.0261. The van der Waals surface area contributed by atoms with Gasteiger partial charge in [0.1, 0.15) is 15.6 Å². The normalized spacial score (nSPS) is 11.8. The SMILES string of the molecule is COC(=O)c1cc(-c2nc(-c3c(C(C)(C)C)coc3C)cs2)c(SC)s1. The van der Waals surface area contributed by atoms with E-state index in [0.717, 1.165) is 37.4 Å². The summed E-state index contributed by atoms with van der Waals surface area (Å²) in [5.74, 6) is 0.562. The number of furan rings is 1. The minimum Gasteiger partial charge on any atom is -0.469 e. The molecular formula is C19H21NO3S3. The molecule has 3 rings (SSSR count). The maximum absolute atomic E-state index is 11.9. The number of hydrogen-bond acceptors (Lipinski definition) is 7. The first-order valence-corrected chi connectivity index (χ1v) is 11.0. The van der Waals surface area contributed by atoms with E-state index in [0.29, 0.717) is 4.88 Å². The molecule has 3 heterocycles. The average Bonchev–Trinajstić information content (AvgIpc) is 3.29. The van der Waals surface area contributed by atoms with E-state index >= 15 is 0 Å². The standard InChI is InChI=1S/C19H21NO3S3/c1-10-15(12(8-23-10)19(2,3)4)13-9-25-16(20-13)11-7-14(17(21)22-5)26-18(11)24-6/h7-9H,1-6H3. The maximum atomic E-state index is 11.9. The Labute approximate surface area is 165 Å². The minimum atomic E-state index is -0.311. The van der Waals surface area contributed by atoms with E-state index in [1.807, 2.05) is 25.5 Å². The highest BCUT2D eigenvalue weighted by molar-refractivity contribution is 8.00. The van der Waals surface area contributed by atoms with Gasteiger partial charge in [-0.05, 0) is 24.7 Å². The zero-order valence-corrected chi connectivity index (χ0v) is 18.1. The summed E-state index contributed by atoms with van der Waals surface area (Å²) in [5, 5.41) is 2.96. The van der Waals surface area contributed by atoms with Gasteiger partial charge in [-0.15, -0.1) is 34.4 Å². The molecular weight excluding hydrogens is 386 g/mol. The molecule has 0 aliphatic rings. The van der Waals surface area contributed by atoms with Gasteiger partial charge in [-0.1, -0.05) is 20.8 Å². The molecule has 26 heavy (non-hydrogen) atoms. The average molecular weight is 408 g/mol. The zero-order chi connectivity index (χ0) is 19.1. The van der Waals surface area contributed by atoms with Gasteiger partial charge in [0.15, 0.2) is 0 Å². The van der Waals surface area contributed by atoms with Crippen LogP contribution in [0.5, 0.6) is 0 Å². The first-order valence-electron chi connectivity index (χ1n) is 8.07. The summed E-state index contributed by atoms with van der Waals surface area (Å²) >= 11 is 4.64. The molecule has 0 aliphatic heterocycles. The van der Waals surface area contributed by atoms with Crippen LogP contribution >= 0.6 is 34.4 Å². The number of aryl methyl sites for hydroxylation is 1. The van der Waals surface area contributed by atoms with E-state index in [1.165, 1.54) is 18.4 Å². The van der Waals surface area contributed by atoms with Crippen molar-refractivity contribution in [2.75, 3.05) is 13.4 Å². The maximum Gasteiger partial charge on any atom is 0.348 e. The van der Waals surface area contributed by atoms with E-state index < -0.39 is 0 Å². The zero-order valence-electron chi connectivity index (χ0n) is 15.6. The van der Waals surface area contributed by atoms with Crippen LogP contribution in [-0.2, 0) is 10.2 Å². The topological polar surface area (TPSA) is 52.3 Å². The van der Waals surface area contributed by atoms with Gasteiger partial charge < -0.3 is 9.15 Å². The highest BCUT2D eigenvalue weighted by atomic mass is 32.2. The number of rotatable bonds is 4. The second-order valence-electron chi connectivity index (χ2n) is 6.88. The first-order chi connectivity index (χ1) is 12.3. The first kappa shape index (κ1) is 19.2. The van der Waals surface area contributed by atoms with Crippen molar-refractivity contribution < 1.29 is 13.9 Å². The molecule has 0 saturated carbocycles. The molecule has 3 aromatic rings. The van der Waals surface area contributed by atoms with Crippen molar-refractivity contribution in [3.8, 4) is 21.8 Å². The molecule has 0 aliphatic carbocycles. The quantitative estimate of drug-likeness (QED) is 0.378. The molecule has 7 heteroatoms. The van der Waals surface area contributed by atoms with Crippen LogP contribution < -0.4 is 0 Å². The van der Waals surface area contributed by atoms with Gasteiger partial charge in [-0.2, -0.15) is 0 Å². The summed E-state index contributed by atoms with van der Waals surface area (Å²) in [7, 11) is 1.40. The van der Waals surface area contributed by atoms with Crippen molar-refractivity contribution in [2.24, 2.45) is 0 Å². The molecule has 0 spiro atoms. The van der Waals surface area contributed by atoms with Crippen LogP contribution in [0.15, 0.2) is 26.3 Å². The van der Waals surface area contributed by atoms with Gasteiger partial charge in [-0.3, -0.25) is 0 Å². The van der Waals surface area contributed by atoms with Crippen LogP contribution in [-0.4, -0.2) is 24.3 Å². The fourth-order valence-electron chi connectivity index (χ4n) is 2.71. The number of carbonyl (C=O) groups excluding carboxylic acids is 1. The van der Waals surface area contributed by atoms with E-state index in [-0.39, 0.29) is 11.4 Å².